The molecule has 0 N–H and O–H groups in total. The van der Waals surface area contributed by atoms with E-state index < -0.39 is 0 Å². The Morgan fingerprint density at radius 3 is 2.75 bits per heavy atom. The highest BCUT2D eigenvalue weighted by Crippen LogP contribution is 2.63. The van der Waals surface area contributed by atoms with E-state index in [9.17, 15) is 0 Å². The molecule has 2 bridgehead atoms. The standard InChI is InChI=1S/C17H22ClNO/c1-16(2)13-7-8-17(16,3)15(10-13)19-20-11-12-5-4-6-14(18)9-12/h4-6,9,13H,7-8,10-11H2,1-3H3/b19-15+/t13-,17+/m1/s1. The number of nitrogens with zero attached hydrogens (tertiary/aromatic N) is 1. The zero-order valence-corrected chi connectivity index (χ0v) is 13.2. The maximum Gasteiger partial charge on any atom is 0.142 e. The van der Waals surface area contributed by atoms with Crippen LogP contribution in [-0.2, 0) is 11.4 Å². The minimum Gasteiger partial charge on any atom is -0.391 e. The quantitative estimate of drug-likeness (QED) is 0.713. The first kappa shape index (κ1) is 13.9. The molecule has 0 unspecified atom stereocenters. The van der Waals surface area contributed by atoms with Crippen LogP contribution >= 0.6 is 11.6 Å². The summed E-state index contributed by atoms with van der Waals surface area (Å²) in [6, 6.07) is 7.75. The van der Waals surface area contributed by atoms with Crippen molar-refractivity contribution < 1.29 is 4.84 Å². The molecule has 1 aromatic rings. The van der Waals surface area contributed by atoms with E-state index in [0.29, 0.717) is 12.0 Å². The van der Waals surface area contributed by atoms with Crippen LogP contribution in [0.5, 0.6) is 0 Å². The molecule has 108 valence electrons. The van der Waals surface area contributed by atoms with Gasteiger partial charge in [0.05, 0.1) is 5.71 Å². The summed E-state index contributed by atoms with van der Waals surface area (Å²) >= 11 is 5.97. The number of halogens is 1. The summed E-state index contributed by atoms with van der Waals surface area (Å²) in [5.74, 6) is 0.765. The van der Waals surface area contributed by atoms with Crippen LogP contribution < -0.4 is 0 Å². The van der Waals surface area contributed by atoms with Crippen molar-refractivity contribution in [2.75, 3.05) is 0 Å². The molecule has 0 heterocycles. The molecule has 1 aromatic carbocycles. The van der Waals surface area contributed by atoms with E-state index in [4.69, 9.17) is 16.4 Å². The van der Waals surface area contributed by atoms with Crippen molar-refractivity contribution in [2.24, 2.45) is 21.9 Å². The van der Waals surface area contributed by atoms with Crippen LogP contribution in [0.25, 0.3) is 0 Å². The lowest BCUT2D eigenvalue weighted by Gasteiger charge is -2.34. The van der Waals surface area contributed by atoms with Gasteiger partial charge in [-0.1, -0.05) is 49.7 Å². The van der Waals surface area contributed by atoms with Crippen molar-refractivity contribution in [1.29, 1.82) is 0 Å². The Hall–Kier alpha value is -1.02. The highest BCUT2D eigenvalue weighted by Gasteiger charge is 2.60. The zero-order chi connectivity index (χ0) is 14.4. The van der Waals surface area contributed by atoms with Crippen molar-refractivity contribution in [1.82, 2.24) is 0 Å². The molecule has 2 atom stereocenters. The van der Waals surface area contributed by atoms with Crippen molar-refractivity contribution in [3.8, 4) is 0 Å². The lowest BCUT2D eigenvalue weighted by atomic mass is 9.70. The molecule has 2 aliphatic carbocycles. The third-order valence-electron chi connectivity index (χ3n) is 5.81. The molecule has 0 aliphatic heterocycles. The summed E-state index contributed by atoms with van der Waals surface area (Å²) in [6.45, 7) is 7.60. The van der Waals surface area contributed by atoms with Gasteiger partial charge in [0.25, 0.3) is 0 Å². The second-order valence-electron chi connectivity index (χ2n) is 6.93. The highest BCUT2D eigenvalue weighted by molar-refractivity contribution is 6.30. The van der Waals surface area contributed by atoms with Gasteiger partial charge in [-0.15, -0.1) is 0 Å². The van der Waals surface area contributed by atoms with Crippen molar-refractivity contribution in [3.05, 3.63) is 34.9 Å². The van der Waals surface area contributed by atoms with E-state index in [0.717, 1.165) is 22.9 Å². The van der Waals surface area contributed by atoms with E-state index >= 15 is 0 Å². The number of hydrogen-bond acceptors (Lipinski definition) is 2. The molecule has 3 heteroatoms. The van der Waals surface area contributed by atoms with Crippen LogP contribution in [0.1, 0.15) is 45.6 Å². The summed E-state index contributed by atoms with van der Waals surface area (Å²) in [4.78, 5) is 5.60. The summed E-state index contributed by atoms with van der Waals surface area (Å²) in [5, 5.41) is 5.21. The van der Waals surface area contributed by atoms with Crippen molar-refractivity contribution in [2.45, 2.75) is 46.6 Å². The Labute approximate surface area is 126 Å². The Morgan fingerprint density at radius 2 is 2.15 bits per heavy atom. The molecular formula is C17H22ClNO. The Balaban J connectivity index is 1.69. The van der Waals surface area contributed by atoms with Crippen LogP contribution in [0.15, 0.2) is 29.4 Å². The highest BCUT2D eigenvalue weighted by atomic mass is 35.5. The number of fused-ring (bicyclic) bond motifs is 2. The van der Waals surface area contributed by atoms with Gasteiger partial charge in [0, 0.05) is 10.4 Å². The molecule has 3 rings (SSSR count). The summed E-state index contributed by atoms with van der Waals surface area (Å²) in [5.41, 5.74) is 2.88. The van der Waals surface area contributed by atoms with Gasteiger partial charge in [0.1, 0.15) is 6.61 Å². The first-order valence-corrected chi connectivity index (χ1v) is 7.75. The number of rotatable bonds is 3. The van der Waals surface area contributed by atoms with Crippen LogP contribution in [-0.4, -0.2) is 5.71 Å². The number of benzene rings is 1. The summed E-state index contributed by atoms with van der Waals surface area (Å²) in [7, 11) is 0. The Bertz CT molecular complexity index is 552. The van der Waals surface area contributed by atoms with Gasteiger partial charge in [0.2, 0.25) is 0 Å². The monoisotopic (exact) mass is 291 g/mol. The van der Waals surface area contributed by atoms with E-state index in [1.165, 1.54) is 18.6 Å². The molecule has 0 aromatic heterocycles. The molecular weight excluding hydrogens is 270 g/mol. The molecule has 20 heavy (non-hydrogen) atoms. The molecule has 0 radical (unpaired) electrons. The van der Waals surface area contributed by atoms with E-state index in [2.05, 4.69) is 25.9 Å². The maximum atomic E-state index is 5.97. The lowest BCUT2D eigenvalue weighted by molar-refractivity contribution is 0.123. The largest absolute Gasteiger partial charge is 0.391 e. The van der Waals surface area contributed by atoms with E-state index in [-0.39, 0.29) is 5.41 Å². The first-order chi connectivity index (χ1) is 9.43. The minimum atomic E-state index is 0.214. The molecule has 2 fully saturated rings. The second-order valence-corrected chi connectivity index (χ2v) is 7.37. The lowest BCUT2D eigenvalue weighted by Crippen LogP contribution is -2.32. The normalized spacial score (nSPS) is 32.8. The van der Waals surface area contributed by atoms with Gasteiger partial charge >= 0.3 is 0 Å². The number of hydrogen-bond donors (Lipinski definition) is 0. The van der Waals surface area contributed by atoms with Crippen molar-refractivity contribution >= 4 is 17.3 Å². The Morgan fingerprint density at radius 1 is 1.35 bits per heavy atom. The SMILES string of the molecule is CC1(C)[C@@H]2CC[C@@]1(C)/C(=N/OCc1cccc(Cl)c1)C2. The maximum absolute atomic E-state index is 5.97. The van der Waals surface area contributed by atoms with E-state index in [1.807, 2.05) is 24.3 Å². The molecule has 0 spiro atoms. The third-order valence-corrected chi connectivity index (χ3v) is 6.04. The first-order valence-electron chi connectivity index (χ1n) is 7.37. The van der Waals surface area contributed by atoms with E-state index in [1.54, 1.807) is 0 Å². The van der Waals surface area contributed by atoms with Crippen molar-refractivity contribution in [3.63, 3.8) is 0 Å². The Kier molecular flexibility index (Phi) is 3.32. The average Bonchev–Trinajstić information content (AvgIpc) is 2.72. The third kappa shape index (κ3) is 2.05. The topological polar surface area (TPSA) is 21.6 Å². The van der Waals surface area contributed by atoms with Crippen LogP contribution in [0, 0.1) is 16.7 Å². The predicted molar refractivity (Wildman–Crippen MR) is 82.9 cm³/mol. The van der Waals surface area contributed by atoms with Gasteiger partial charge in [0.15, 0.2) is 0 Å². The van der Waals surface area contributed by atoms with Crippen LogP contribution in [0.4, 0.5) is 0 Å². The van der Waals surface area contributed by atoms with Crippen LogP contribution in [0.2, 0.25) is 5.02 Å². The van der Waals surface area contributed by atoms with Gasteiger partial charge in [-0.05, 0) is 48.3 Å². The van der Waals surface area contributed by atoms with Gasteiger partial charge in [-0.25, -0.2) is 0 Å². The van der Waals surface area contributed by atoms with Gasteiger partial charge < -0.3 is 4.84 Å². The minimum absolute atomic E-state index is 0.214. The average molecular weight is 292 g/mol. The molecule has 2 aliphatic rings. The molecule has 2 saturated carbocycles. The molecule has 0 saturated heterocycles. The summed E-state index contributed by atoms with van der Waals surface area (Å²) in [6.07, 6.45) is 3.67. The summed E-state index contributed by atoms with van der Waals surface area (Å²) < 4.78 is 0. The fraction of sp³-hybridized carbons (Fsp3) is 0.588. The molecule has 2 nitrogen and oxygen atoms in total. The zero-order valence-electron chi connectivity index (χ0n) is 12.4. The van der Waals surface area contributed by atoms with Crippen LogP contribution in [0.3, 0.4) is 0 Å². The predicted octanol–water partition coefficient (Wildman–Crippen LogP) is 5.06. The fourth-order valence-corrected chi connectivity index (χ4v) is 4.09. The fourth-order valence-electron chi connectivity index (χ4n) is 3.88. The second kappa shape index (κ2) is 4.77. The van der Waals surface area contributed by atoms with Gasteiger partial charge in [-0.3, -0.25) is 0 Å². The smallest absolute Gasteiger partial charge is 0.142 e. The molecule has 0 amide bonds. The van der Waals surface area contributed by atoms with Gasteiger partial charge in [-0.2, -0.15) is 0 Å². The number of oxime groups is 1.